The number of para-hydroxylation sites is 2. The van der Waals surface area contributed by atoms with Gasteiger partial charge in [0.05, 0.1) is 18.7 Å². The Labute approximate surface area is 146 Å². The van der Waals surface area contributed by atoms with Crippen molar-refractivity contribution >= 4 is 17.0 Å². The molecule has 0 saturated carbocycles. The third kappa shape index (κ3) is 4.49. The number of rotatable bonds is 7. The van der Waals surface area contributed by atoms with Gasteiger partial charge in [0.15, 0.2) is 5.58 Å². The van der Waals surface area contributed by atoms with Gasteiger partial charge in [-0.15, -0.1) is 0 Å². The van der Waals surface area contributed by atoms with Crippen LogP contribution in [0.15, 0.2) is 33.5 Å². The number of aryl methyl sites for hydroxylation is 1. The number of fused-ring (bicyclic) bond motifs is 1. The summed E-state index contributed by atoms with van der Waals surface area (Å²) in [4.78, 5) is 26.2. The number of morpholine rings is 1. The lowest BCUT2D eigenvalue weighted by atomic mass is 10.2. The molecule has 3 rings (SSSR count). The quantitative estimate of drug-likeness (QED) is 0.815. The minimum atomic E-state index is -0.373. The minimum Gasteiger partial charge on any atom is -0.408 e. The Hall–Kier alpha value is -2.12. The third-order valence-corrected chi connectivity index (χ3v) is 4.62. The second-order valence-corrected chi connectivity index (χ2v) is 6.39. The van der Waals surface area contributed by atoms with Crippen LogP contribution in [0, 0.1) is 0 Å². The smallest absolute Gasteiger partial charge is 0.408 e. The Bertz CT molecular complexity index is 761. The van der Waals surface area contributed by atoms with E-state index in [9.17, 15) is 9.59 Å². The van der Waals surface area contributed by atoms with Gasteiger partial charge in [-0.05, 0) is 25.5 Å². The molecule has 2 heterocycles. The topological polar surface area (TPSA) is 76.7 Å². The highest BCUT2D eigenvalue weighted by atomic mass is 16.5. The average molecular weight is 347 g/mol. The summed E-state index contributed by atoms with van der Waals surface area (Å²) in [5, 5.41) is 2.98. The minimum absolute atomic E-state index is 0.0148. The molecule has 0 radical (unpaired) electrons. The van der Waals surface area contributed by atoms with Crippen LogP contribution in [0.2, 0.25) is 0 Å². The predicted molar refractivity (Wildman–Crippen MR) is 94.6 cm³/mol. The summed E-state index contributed by atoms with van der Waals surface area (Å²) in [7, 11) is 0. The van der Waals surface area contributed by atoms with E-state index in [0.717, 1.165) is 31.8 Å². The Balaban J connectivity index is 1.43. The maximum atomic E-state index is 12.0. The van der Waals surface area contributed by atoms with Crippen LogP contribution in [0.25, 0.3) is 11.1 Å². The van der Waals surface area contributed by atoms with E-state index in [1.165, 1.54) is 0 Å². The van der Waals surface area contributed by atoms with Crippen LogP contribution >= 0.6 is 0 Å². The fourth-order valence-corrected chi connectivity index (χ4v) is 3.12. The number of nitrogens with one attached hydrogen (secondary N) is 1. The molecule has 1 saturated heterocycles. The van der Waals surface area contributed by atoms with Crippen LogP contribution in [0.1, 0.15) is 19.8 Å². The van der Waals surface area contributed by atoms with Gasteiger partial charge in [-0.3, -0.25) is 14.3 Å². The van der Waals surface area contributed by atoms with E-state index in [1.807, 2.05) is 18.2 Å². The average Bonchev–Trinajstić information content (AvgIpc) is 2.96. The van der Waals surface area contributed by atoms with Crippen LogP contribution < -0.4 is 11.1 Å². The number of oxazole rings is 1. The van der Waals surface area contributed by atoms with Crippen molar-refractivity contribution in [1.82, 2.24) is 14.8 Å². The van der Waals surface area contributed by atoms with Crippen molar-refractivity contribution in [1.29, 1.82) is 0 Å². The molecule has 136 valence electrons. The fourth-order valence-electron chi connectivity index (χ4n) is 3.12. The van der Waals surface area contributed by atoms with Gasteiger partial charge in [0, 0.05) is 38.6 Å². The van der Waals surface area contributed by atoms with E-state index in [4.69, 9.17) is 9.15 Å². The first-order chi connectivity index (χ1) is 12.1. The summed E-state index contributed by atoms with van der Waals surface area (Å²) in [6.45, 7) is 6.55. The maximum Gasteiger partial charge on any atom is 0.419 e. The molecule has 1 unspecified atom stereocenters. The zero-order valence-corrected chi connectivity index (χ0v) is 14.6. The Kier molecular flexibility index (Phi) is 5.88. The van der Waals surface area contributed by atoms with Gasteiger partial charge in [0.1, 0.15) is 0 Å². The number of ether oxygens (including phenoxy) is 1. The monoisotopic (exact) mass is 347 g/mol. The number of hydrogen-bond acceptors (Lipinski definition) is 5. The molecule has 1 fully saturated rings. The molecule has 7 heteroatoms. The second-order valence-electron chi connectivity index (χ2n) is 6.39. The van der Waals surface area contributed by atoms with E-state index in [0.29, 0.717) is 37.6 Å². The molecular weight excluding hydrogens is 322 g/mol. The molecular formula is C18H25N3O4. The molecule has 1 aliphatic heterocycles. The largest absolute Gasteiger partial charge is 0.419 e. The summed E-state index contributed by atoms with van der Waals surface area (Å²) < 4.78 is 12.1. The van der Waals surface area contributed by atoms with Gasteiger partial charge in [-0.25, -0.2) is 4.79 Å². The van der Waals surface area contributed by atoms with E-state index < -0.39 is 0 Å². The number of amides is 1. The van der Waals surface area contributed by atoms with Crippen molar-refractivity contribution in [3.05, 3.63) is 34.8 Å². The lowest BCUT2D eigenvalue weighted by Gasteiger charge is -2.32. The highest BCUT2D eigenvalue weighted by Gasteiger charge is 2.17. The van der Waals surface area contributed by atoms with Gasteiger partial charge < -0.3 is 14.5 Å². The molecule has 1 N–H and O–H groups in total. The molecule has 1 aliphatic rings. The van der Waals surface area contributed by atoms with Gasteiger partial charge in [0.25, 0.3) is 0 Å². The van der Waals surface area contributed by atoms with Crippen LogP contribution in [-0.2, 0) is 16.1 Å². The molecule has 2 aromatic rings. The Morgan fingerprint density at radius 3 is 2.84 bits per heavy atom. The van der Waals surface area contributed by atoms with E-state index in [1.54, 1.807) is 10.6 Å². The highest BCUT2D eigenvalue weighted by molar-refractivity contribution is 5.76. The zero-order valence-electron chi connectivity index (χ0n) is 14.6. The number of carbonyl (C=O) groups excluding carboxylic acids is 1. The Morgan fingerprint density at radius 1 is 1.28 bits per heavy atom. The summed E-state index contributed by atoms with van der Waals surface area (Å²) >= 11 is 0. The van der Waals surface area contributed by atoms with Crippen molar-refractivity contribution in [2.24, 2.45) is 0 Å². The Morgan fingerprint density at radius 2 is 2.04 bits per heavy atom. The molecule has 0 bridgehead atoms. The zero-order chi connectivity index (χ0) is 17.6. The molecule has 0 aliphatic carbocycles. The first-order valence-electron chi connectivity index (χ1n) is 8.82. The van der Waals surface area contributed by atoms with Gasteiger partial charge in [-0.2, -0.15) is 0 Å². The highest BCUT2D eigenvalue weighted by Crippen LogP contribution is 2.12. The lowest BCUT2D eigenvalue weighted by Crippen LogP contribution is -2.47. The first-order valence-corrected chi connectivity index (χ1v) is 8.82. The maximum absolute atomic E-state index is 12.0. The van der Waals surface area contributed by atoms with Crippen molar-refractivity contribution in [3.8, 4) is 0 Å². The van der Waals surface area contributed by atoms with E-state index in [2.05, 4.69) is 17.1 Å². The van der Waals surface area contributed by atoms with Crippen molar-refractivity contribution in [2.45, 2.75) is 32.4 Å². The van der Waals surface area contributed by atoms with E-state index >= 15 is 0 Å². The molecule has 1 aromatic carbocycles. The summed E-state index contributed by atoms with van der Waals surface area (Å²) in [6, 6.07) is 7.62. The molecule has 0 spiro atoms. The third-order valence-electron chi connectivity index (χ3n) is 4.62. The summed E-state index contributed by atoms with van der Waals surface area (Å²) in [6.07, 6.45) is 0.989. The standard InChI is InChI=1S/C18H25N3O4/c1-14(20-9-11-24-12-10-20)13-19-17(22)7-4-8-21-15-5-2-3-6-16(15)25-18(21)23/h2-3,5-6,14H,4,7-13H2,1H3,(H,19,22). The van der Waals surface area contributed by atoms with Crippen LogP contribution in [-0.4, -0.2) is 54.3 Å². The number of carbonyl (C=O) groups is 1. The number of hydrogen-bond donors (Lipinski definition) is 1. The molecule has 1 aromatic heterocycles. The van der Waals surface area contributed by atoms with Crippen LogP contribution in [0.3, 0.4) is 0 Å². The van der Waals surface area contributed by atoms with Gasteiger partial charge in [0.2, 0.25) is 5.91 Å². The lowest BCUT2D eigenvalue weighted by molar-refractivity contribution is -0.121. The second kappa shape index (κ2) is 8.31. The van der Waals surface area contributed by atoms with Crippen LogP contribution in [0.5, 0.6) is 0 Å². The number of aromatic nitrogens is 1. The number of benzene rings is 1. The number of nitrogens with zero attached hydrogens (tertiary/aromatic N) is 2. The fraction of sp³-hybridized carbons (Fsp3) is 0.556. The molecule has 1 amide bonds. The molecule has 1 atom stereocenters. The summed E-state index contributed by atoms with van der Waals surface area (Å²) in [5.41, 5.74) is 1.35. The first kappa shape index (κ1) is 17.7. The van der Waals surface area contributed by atoms with Crippen molar-refractivity contribution in [3.63, 3.8) is 0 Å². The molecule has 25 heavy (non-hydrogen) atoms. The predicted octanol–water partition coefficient (Wildman–Crippen LogP) is 1.21. The van der Waals surface area contributed by atoms with E-state index in [-0.39, 0.29) is 11.7 Å². The normalized spacial score (nSPS) is 16.8. The molecule has 7 nitrogen and oxygen atoms in total. The SMILES string of the molecule is CC(CNC(=O)CCCn1c(=O)oc2ccccc21)N1CCOCC1. The van der Waals surface area contributed by atoms with Crippen molar-refractivity contribution in [2.75, 3.05) is 32.8 Å². The summed E-state index contributed by atoms with van der Waals surface area (Å²) in [5.74, 6) is -0.358. The van der Waals surface area contributed by atoms with Gasteiger partial charge >= 0.3 is 5.76 Å². The van der Waals surface area contributed by atoms with Crippen molar-refractivity contribution < 1.29 is 13.9 Å². The van der Waals surface area contributed by atoms with Crippen LogP contribution in [0.4, 0.5) is 0 Å². The van der Waals surface area contributed by atoms with Gasteiger partial charge in [-0.1, -0.05) is 12.1 Å².